The average molecular weight is 190 g/mol. The summed E-state index contributed by atoms with van der Waals surface area (Å²) >= 11 is 5.43. The third kappa shape index (κ3) is 4.78. The Morgan fingerprint density at radius 2 is 2.17 bits per heavy atom. The van der Waals surface area contributed by atoms with E-state index in [0.717, 1.165) is 19.4 Å². The second kappa shape index (κ2) is 5.60. The Labute approximate surface area is 81.3 Å². The topological polar surface area (TPSA) is 12.0 Å². The van der Waals surface area contributed by atoms with Crippen LogP contribution in [0.5, 0.6) is 0 Å². The molecule has 1 N–H and O–H groups in total. The summed E-state index contributed by atoms with van der Waals surface area (Å²) in [7, 11) is 0. The Morgan fingerprint density at radius 3 is 2.50 bits per heavy atom. The number of rotatable bonds is 6. The second-order valence-corrected chi connectivity index (χ2v) is 4.20. The van der Waals surface area contributed by atoms with Crippen molar-refractivity contribution in [3.8, 4) is 0 Å². The molecule has 0 aromatic carbocycles. The number of hydrogen-bond donors (Lipinski definition) is 1. The Balaban J connectivity index is 3.95. The van der Waals surface area contributed by atoms with Crippen molar-refractivity contribution in [1.29, 1.82) is 0 Å². The molecule has 0 bridgehead atoms. The van der Waals surface area contributed by atoms with E-state index in [-0.39, 0.29) is 0 Å². The highest BCUT2D eigenvalue weighted by molar-refractivity contribution is 6.13. The normalized spacial score (nSPS) is 15.7. The van der Waals surface area contributed by atoms with Gasteiger partial charge in [0.05, 0.1) is 0 Å². The zero-order valence-electron chi connectivity index (χ0n) is 8.41. The summed E-state index contributed by atoms with van der Waals surface area (Å²) in [5, 5.41) is 0. The zero-order chi connectivity index (χ0) is 9.61. The molecule has 0 fully saturated rings. The lowest BCUT2D eigenvalue weighted by atomic mass is 9.79. The molecule has 0 rings (SSSR count). The predicted octanol–water partition coefficient (Wildman–Crippen LogP) is 3.50. The zero-order valence-corrected chi connectivity index (χ0v) is 9.17. The number of allylic oxidation sites excluding steroid dienone is 1. The fraction of sp³-hybridized carbons (Fsp3) is 0.800. The molecule has 2 heteroatoms. The van der Waals surface area contributed by atoms with Crippen molar-refractivity contribution in [2.24, 2.45) is 5.41 Å². The van der Waals surface area contributed by atoms with Crippen LogP contribution >= 0.6 is 11.8 Å². The van der Waals surface area contributed by atoms with Gasteiger partial charge in [-0.15, -0.1) is 6.58 Å². The maximum Gasteiger partial charge on any atom is 0.0113 e. The molecule has 0 aliphatic rings. The minimum Gasteiger partial charge on any atom is -0.234 e. The van der Waals surface area contributed by atoms with E-state index < -0.39 is 0 Å². The maximum absolute atomic E-state index is 5.43. The molecule has 72 valence electrons. The lowest BCUT2D eigenvalue weighted by Gasteiger charge is -2.28. The van der Waals surface area contributed by atoms with Crippen LogP contribution in [0.15, 0.2) is 12.2 Å². The van der Waals surface area contributed by atoms with E-state index in [4.69, 9.17) is 11.8 Å². The van der Waals surface area contributed by atoms with Crippen molar-refractivity contribution in [1.82, 2.24) is 4.84 Å². The Morgan fingerprint density at radius 1 is 1.58 bits per heavy atom. The van der Waals surface area contributed by atoms with Crippen LogP contribution in [0, 0.1) is 5.41 Å². The fourth-order valence-corrected chi connectivity index (χ4v) is 1.56. The van der Waals surface area contributed by atoms with E-state index in [1.54, 1.807) is 0 Å². The minimum atomic E-state index is 0.369. The molecular weight excluding hydrogens is 170 g/mol. The third-order valence-corrected chi connectivity index (χ3v) is 2.59. The van der Waals surface area contributed by atoms with Gasteiger partial charge in [-0.25, -0.2) is 4.84 Å². The van der Waals surface area contributed by atoms with E-state index in [1.807, 2.05) is 0 Å². The van der Waals surface area contributed by atoms with Crippen LogP contribution in [0.25, 0.3) is 0 Å². The molecule has 0 aromatic heterocycles. The SMILES string of the molecule is C=C(C)CC(C)(CC)CCNCl. The molecule has 0 radical (unpaired) electrons. The third-order valence-electron chi connectivity index (χ3n) is 2.41. The molecule has 12 heavy (non-hydrogen) atoms. The molecule has 0 saturated carbocycles. The Hall–Kier alpha value is -0.0100. The highest BCUT2D eigenvalue weighted by Gasteiger charge is 2.20. The summed E-state index contributed by atoms with van der Waals surface area (Å²) in [6.45, 7) is 11.4. The van der Waals surface area contributed by atoms with Crippen molar-refractivity contribution in [2.45, 2.75) is 40.0 Å². The number of halogens is 1. The van der Waals surface area contributed by atoms with Gasteiger partial charge in [-0.1, -0.05) is 25.8 Å². The monoisotopic (exact) mass is 189 g/mol. The van der Waals surface area contributed by atoms with Gasteiger partial charge in [0.1, 0.15) is 0 Å². The van der Waals surface area contributed by atoms with E-state index >= 15 is 0 Å². The first-order valence-electron chi connectivity index (χ1n) is 4.52. The molecular formula is C10H20ClN. The summed E-state index contributed by atoms with van der Waals surface area (Å²) in [5.41, 5.74) is 1.63. The highest BCUT2D eigenvalue weighted by Crippen LogP contribution is 2.32. The van der Waals surface area contributed by atoms with E-state index in [9.17, 15) is 0 Å². The average Bonchev–Trinajstić information content (AvgIpc) is 2.00. The number of nitrogens with one attached hydrogen (secondary N) is 1. The van der Waals surface area contributed by atoms with Gasteiger partial charge < -0.3 is 0 Å². The molecule has 0 aliphatic carbocycles. The van der Waals surface area contributed by atoms with E-state index in [0.29, 0.717) is 5.41 Å². The minimum absolute atomic E-state index is 0.369. The van der Waals surface area contributed by atoms with Gasteiger partial charge in [-0.05, 0) is 37.0 Å². The van der Waals surface area contributed by atoms with Gasteiger partial charge in [0.2, 0.25) is 0 Å². The molecule has 1 atom stereocenters. The smallest absolute Gasteiger partial charge is 0.0113 e. The van der Waals surface area contributed by atoms with Crippen molar-refractivity contribution >= 4 is 11.8 Å². The maximum atomic E-state index is 5.43. The lowest BCUT2D eigenvalue weighted by molar-refractivity contribution is 0.284. The summed E-state index contributed by atoms with van der Waals surface area (Å²) in [6, 6.07) is 0. The van der Waals surface area contributed by atoms with Crippen molar-refractivity contribution < 1.29 is 0 Å². The second-order valence-electron chi connectivity index (χ2n) is 3.93. The van der Waals surface area contributed by atoms with Gasteiger partial charge in [0.25, 0.3) is 0 Å². The van der Waals surface area contributed by atoms with Gasteiger partial charge in [-0.2, -0.15) is 0 Å². The first-order chi connectivity index (χ1) is 5.54. The summed E-state index contributed by atoms with van der Waals surface area (Å²) in [4.78, 5) is 2.67. The highest BCUT2D eigenvalue weighted by atomic mass is 35.5. The van der Waals surface area contributed by atoms with Crippen molar-refractivity contribution in [3.05, 3.63) is 12.2 Å². The Bertz CT molecular complexity index is 145. The van der Waals surface area contributed by atoms with Crippen molar-refractivity contribution in [2.75, 3.05) is 6.54 Å². The molecule has 0 saturated heterocycles. The fourth-order valence-electron chi connectivity index (χ4n) is 1.47. The standard InChI is InChI=1S/C10H20ClN/c1-5-10(4,6-7-12-11)8-9(2)3/h12H,2,5-8H2,1,3-4H3. The van der Waals surface area contributed by atoms with Crippen LogP contribution in [0.3, 0.4) is 0 Å². The van der Waals surface area contributed by atoms with Gasteiger partial charge in [-0.3, -0.25) is 0 Å². The van der Waals surface area contributed by atoms with E-state index in [1.165, 1.54) is 12.0 Å². The van der Waals surface area contributed by atoms with E-state index in [2.05, 4.69) is 32.2 Å². The largest absolute Gasteiger partial charge is 0.234 e. The first-order valence-corrected chi connectivity index (χ1v) is 4.90. The Kier molecular flexibility index (Phi) is 5.60. The molecule has 1 nitrogen and oxygen atoms in total. The van der Waals surface area contributed by atoms with Crippen LogP contribution in [0.4, 0.5) is 0 Å². The summed E-state index contributed by atoms with van der Waals surface area (Å²) < 4.78 is 0. The predicted molar refractivity (Wildman–Crippen MR) is 56.3 cm³/mol. The van der Waals surface area contributed by atoms with Crippen LogP contribution in [-0.4, -0.2) is 6.54 Å². The number of hydrogen-bond acceptors (Lipinski definition) is 1. The van der Waals surface area contributed by atoms with Crippen LogP contribution < -0.4 is 4.84 Å². The van der Waals surface area contributed by atoms with Crippen molar-refractivity contribution in [3.63, 3.8) is 0 Å². The van der Waals surface area contributed by atoms with Crippen LogP contribution in [0.2, 0.25) is 0 Å². The quantitative estimate of drug-likeness (QED) is 0.498. The molecule has 0 amide bonds. The summed E-state index contributed by atoms with van der Waals surface area (Å²) in [5.74, 6) is 0. The van der Waals surface area contributed by atoms with Crippen LogP contribution in [-0.2, 0) is 0 Å². The molecule has 0 heterocycles. The summed E-state index contributed by atoms with van der Waals surface area (Å²) in [6.07, 6.45) is 3.39. The molecule has 0 aliphatic heterocycles. The van der Waals surface area contributed by atoms with Gasteiger partial charge in [0.15, 0.2) is 0 Å². The van der Waals surface area contributed by atoms with Gasteiger partial charge in [0, 0.05) is 6.54 Å². The lowest BCUT2D eigenvalue weighted by Crippen LogP contribution is -2.20. The van der Waals surface area contributed by atoms with Crippen LogP contribution in [0.1, 0.15) is 40.0 Å². The molecule has 0 aromatic rings. The molecule has 0 spiro atoms. The first kappa shape index (κ1) is 12.0. The molecule has 1 unspecified atom stereocenters. The van der Waals surface area contributed by atoms with Gasteiger partial charge >= 0.3 is 0 Å².